The Morgan fingerprint density at radius 3 is 2.35 bits per heavy atom. The molecular formula is C19H24N2O3S2. The Balaban J connectivity index is 1.45. The van der Waals surface area contributed by atoms with Gasteiger partial charge in [0.1, 0.15) is 4.21 Å². The normalized spacial score (nSPS) is 16.7. The van der Waals surface area contributed by atoms with Crippen LogP contribution in [0.15, 0.2) is 46.7 Å². The summed E-state index contributed by atoms with van der Waals surface area (Å²) in [5.41, 5.74) is 0.759. The number of sulfonamides is 1. The first-order chi connectivity index (χ1) is 12.5. The molecule has 0 radical (unpaired) electrons. The molecule has 1 aromatic heterocycles. The number of thiophene rings is 1. The number of ketones is 1. The van der Waals surface area contributed by atoms with Gasteiger partial charge in [-0.05, 0) is 32.0 Å². The Morgan fingerprint density at radius 2 is 1.73 bits per heavy atom. The molecule has 0 spiro atoms. The molecule has 3 rings (SSSR count). The van der Waals surface area contributed by atoms with Gasteiger partial charge in [0, 0.05) is 43.0 Å². The van der Waals surface area contributed by atoms with Gasteiger partial charge < -0.3 is 4.90 Å². The van der Waals surface area contributed by atoms with Gasteiger partial charge in [-0.25, -0.2) is 8.42 Å². The molecule has 0 aliphatic carbocycles. The summed E-state index contributed by atoms with van der Waals surface area (Å²) in [5.74, 6) is 0.167. The van der Waals surface area contributed by atoms with Gasteiger partial charge in [0.15, 0.2) is 5.78 Å². The van der Waals surface area contributed by atoms with Gasteiger partial charge in [0.05, 0.1) is 0 Å². The number of rotatable bonds is 7. The Hall–Kier alpha value is -1.54. The number of carbonyl (C=O) groups is 1. The number of benzene rings is 1. The molecule has 140 valence electrons. The zero-order valence-electron chi connectivity index (χ0n) is 14.9. The number of piperazine rings is 1. The summed E-state index contributed by atoms with van der Waals surface area (Å²) in [6.45, 7) is 5.17. The quantitative estimate of drug-likeness (QED) is 0.680. The van der Waals surface area contributed by atoms with E-state index in [0.717, 1.165) is 23.4 Å². The van der Waals surface area contributed by atoms with Gasteiger partial charge in [-0.3, -0.25) is 4.79 Å². The van der Waals surface area contributed by atoms with Crippen LogP contribution in [0.3, 0.4) is 0 Å². The molecule has 1 aliphatic heterocycles. The van der Waals surface area contributed by atoms with Crippen LogP contribution in [-0.4, -0.2) is 56.1 Å². The highest BCUT2D eigenvalue weighted by atomic mass is 32.2. The fourth-order valence-corrected chi connectivity index (χ4v) is 5.96. The fraction of sp³-hybridized carbons (Fsp3) is 0.421. The summed E-state index contributed by atoms with van der Waals surface area (Å²) in [4.78, 5) is 15.4. The zero-order chi connectivity index (χ0) is 18.6. The van der Waals surface area contributed by atoms with E-state index in [1.807, 2.05) is 43.3 Å². The minimum atomic E-state index is -3.36. The van der Waals surface area contributed by atoms with Gasteiger partial charge in [-0.15, -0.1) is 11.3 Å². The predicted molar refractivity (Wildman–Crippen MR) is 104 cm³/mol. The van der Waals surface area contributed by atoms with Crippen LogP contribution in [0.1, 0.15) is 28.1 Å². The van der Waals surface area contributed by atoms with E-state index in [4.69, 9.17) is 0 Å². The molecule has 0 unspecified atom stereocenters. The highest BCUT2D eigenvalue weighted by Gasteiger charge is 2.29. The molecule has 0 N–H and O–H groups in total. The highest BCUT2D eigenvalue weighted by Crippen LogP contribution is 2.25. The lowest BCUT2D eigenvalue weighted by atomic mass is 10.1. The highest BCUT2D eigenvalue weighted by molar-refractivity contribution is 7.91. The van der Waals surface area contributed by atoms with E-state index in [9.17, 15) is 13.2 Å². The van der Waals surface area contributed by atoms with Crippen molar-refractivity contribution in [1.82, 2.24) is 9.21 Å². The van der Waals surface area contributed by atoms with E-state index in [2.05, 4.69) is 4.90 Å². The van der Waals surface area contributed by atoms with Gasteiger partial charge in [-0.2, -0.15) is 4.31 Å². The Morgan fingerprint density at radius 1 is 1.04 bits per heavy atom. The number of carbonyl (C=O) groups excluding carboxylic acids is 1. The third-order valence-electron chi connectivity index (χ3n) is 4.62. The molecule has 0 atom stereocenters. The van der Waals surface area contributed by atoms with Crippen LogP contribution in [0.4, 0.5) is 0 Å². The van der Waals surface area contributed by atoms with E-state index in [0.29, 0.717) is 36.8 Å². The molecule has 0 saturated carbocycles. The van der Waals surface area contributed by atoms with E-state index in [1.54, 1.807) is 10.4 Å². The van der Waals surface area contributed by atoms with Crippen molar-refractivity contribution in [2.75, 3.05) is 32.7 Å². The summed E-state index contributed by atoms with van der Waals surface area (Å²) in [5, 5.41) is 0. The van der Waals surface area contributed by atoms with Gasteiger partial charge in [0.25, 0.3) is 10.0 Å². The van der Waals surface area contributed by atoms with E-state index in [1.165, 1.54) is 11.3 Å². The SMILES string of the molecule is Cc1ccc(S(=O)(=O)N2CCN(CCCC(=O)c3ccccc3)CC2)s1. The average molecular weight is 393 g/mol. The van der Waals surface area contributed by atoms with Crippen molar-refractivity contribution in [1.29, 1.82) is 0 Å². The predicted octanol–water partition coefficient (Wildman–Crippen LogP) is 3.03. The molecule has 0 bridgehead atoms. The fourth-order valence-electron chi connectivity index (χ4n) is 3.10. The average Bonchev–Trinajstić information content (AvgIpc) is 3.10. The lowest BCUT2D eigenvalue weighted by Crippen LogP contribution is -2.48. The second-order valence-electron chi connectivity index (χ2n) is 6.50. The van der Waals surface area contributed by atoms with Crippen molar-refractivity contribution in [3.63, 3.8) is 0 Å². The zero-order valence-corrected chi connectivity index (χ0v) is 16.6. The topological polar surface area (TPSA) is 57.7 Å². The summed E-state index contributed by atoms with van der Waals surface area (Å²) in [6, 6.07) is 12.9. The maximum Gasteiger partial charge on any atom is 0.252 e. The Bertz CT molecular complexity index is 839. The van der Waals surface area contributed by atoms with Crippen molar-refractivity contribution in [2.45, 2.75) is 24.0 Å². The van der Waals surface area contributed by atoms with E-state index < -0.39 is 10.0 Å². The molecule has 0 amide bonds. The smallest absolute Gasteiger partial charge is 0.252 e. The van der Waals surface area contributed by atoms with Crippen LogP contribution < -0.4 is 0 Å². The van der Waals surface area contributed by atoms with Crippen LogP contribution in [0.5, 0.6) is 0 Å². The van der Waals surface area contributed by atoms with Crippen LogP contribution in [0.2, 0.25) is 0 Å². The van der Waals surface area contributed by atoms with Gasteiger partial charge in [-0.1, -0.05) is 30.3 Å². The maximum absolute atomic E-state index is 12.6. The van der Waals surface area contributed by atoms with Crippen molar-refractivity contribution in [3.8, 4) is 0 Å². The van der Waals surface area contributed by atoms with Crippen molar-refractivity contribution < 1.29 is 13.2 Å². The van der Waals surface area contributed by atoms with Gasteiger partial charge in [0.2, 0.25) is 0 Å². The third kappa shape index (κ3) is 4.59. The minimum absolute atomic E-state index is 0.167. The molecule has 2 heterocycles. The summed E-state index contributed by atoms with van der Waals surface area (Å²) in [6.07, 6.45) is 1.32. The Kier molecular flexibility index (Phi) is 6.24. The lowest BCUT2D eigenvalue weighted by molar-refractivity contribution is 0.0971. The molecule has 2 aromatic rings. The number of hydrogen-bond donors (Lipinski definition) is 0. The van der Waals surface area contributed by atoms with Crippen LogP contribution >= 0.6 is 11.3 Å². The molecule has 1 aliphatic rings. The van der Waals surface area contributed by atoms with Gasteiger partial charge >= 0.3 is 0 Å². The molecule has 5 nitrogen and oxygen atoms in total. The van der Waals surface area contributed by atoms with Crippen LogP contribution in [0, 0.1) is 6.92 Å². The first kappa shape index (κ1) is 19.2. The first-order valence-corrected chi connectivity index (χ1v) is 11.1. The first-order valence-electron chi connectivity index (χ1n) is 8.84. The second kappa shape index (κ2) is 8.43. The molecule has 1 saturated heterocycles. The minimum Gasteiger partial charge on any atom is -0.301 e. The molecule has 26 heavy (non-hydrogen) atoms. The number of nitrogens with zero attached hydrogens (tertiary/aromatic N) is 2. The number of hydrogen-bond acceptors (Lipinski definition) is 5. The molecule has 1 aromatic carbocycles. The largest absolute Gasteiger partial charge is 0.301 e. The standard InChI is InChI=1S/C19H24N2O3S2/c1-16-9-10-19(25-16)26(23,24)21-14-12-20(13-15-21)11-5-8-18(22)17-6-3-2-4-7-17/h2-4,6-7,9-10H,5,8,11-15H2,1H3. The maximum atomic E-state index is 12.6. The summed E-state index contributed by atoms with van der Waals surface area (Å²) >= 11 is 1.32. The molecule has 7 heteroatoms. The summed E-state index contributed by atoms with van der Waals surface area (Å²) < 4.78 is 27.3. The van der Waals surface area contributed by atoms with Crippen molar-refractivity contribution in [2.24, 2.45) is 0 Å². The second-order valence-corrected chi connectivity index (χ2v) is 9.96. The Labute approximate surface area is 159 Å². The third-order valence-corrected chi connectivity index (χ3v) is 7.98. The van der Waals surface area contributed by atoms with Crippen LogP contribution in [-0.2, 0) is 10.0 Å². The van der Waals surface area contributed by atoms with Crippen molar-refractivity contribution in [3.05, 3.63) is 52.9 Å². The number of aryl methyl sites for hydroxylation is 1. The summed E-state index contributed by atoms with van der Waals surface area (Å²) in [7, 11) is -3.36. The number of Topliss-reactive ketones (excluding diaryl/α,β-unsaturated/α-hetero) is 1. The lowest BCUT2D eigenvalue weighted by Gasteiger charge is -2.33. The van der Waals surface area contributed by atoms with E-state index in [-0.39, 0.29) is 5.78 Å². The van der Waals surface area contributed by atoms with E-state index >= 15 is 0 Å². The molecular weight excluding hydrogens is 368 g/mol. The molecule has 1 fully saturated rings. The van der Waals surface area contributed by atoms with Crippen molar-refractivity contribution >= 4 is 27.1 Å². The van der Waals surface area contributed by atoms with Crippen LogP contribution in [0.25, 0.3) is 0 Å². The monoisotopic (exact) mass is 392 g/mol.